The number of nitrogens with zero attached hydrogens (tertiary/aromatic N) is 1. The Morgan fingerprint density at radius 3 is 2.62 bits per heavy atom. The van der Waals surface area contributed by atoms with Gasteiger partial charge in [-0.15, -0.1) is 0 Å². The molecule has 1 saturated carbocycles. The first-order valence-electron chi connectivity index (χ1n) is 9.43. The fraction of sp³-hybridized carbons (Fsp3) is 0.650. The summed E-state index contributed by atoms with van der Waals surface area (Å²) >= 11 is 0. The highest BCUT2D eigenvalue weighted by molar-refractivity contribution is 5.80. The predicted octanol–water partition coefficient (Wildman–Crippen LogP) is 2.46. The number of nitrogens with one attached hydrogen (secondary N) is 1. The van der Waals surface area contributed by atoms with E-state index in [9.17, 15) is 4.79 Å². The number of nitrogens with two attached hydrogens (primary N) is 1. The van der Waals surface area contributed by atoms with Gasteiger partial charge in [-0.05, 0) is 56.2 Å². The lowest BCUT2D eigenvalue weighted by Gasteiger charge is -2.47. The van der Waals surface area contributed by atoms with Crippen LogP contribution in [0.5, 0.6) is 0 Å². The van der Waals surface area contributed by atoms with Crippen LogP contribution in [0.15, 0.2) is 24.3 Å². The van der Waals surface area contributed by atoms with Crippen molar-refractivity contribution in [1.29, 1.82) is 0 Å². The summed E-state index contributed by atoms with van der Waals surface area (Å²) in [4.78, 5) is 14.7. The Labute approximate surface area is 144 Å². The van der Waals surface area contributed by atoms with Crippen LogP contribution in [0, 0.1) is 11.8 Å². The summed E-state index contributed by atoms with van der Waals surface area (Å²) in [7, 11) is 0. The first kappa shape index (κ1) is 15.9. The number of rotatable bonds is 3. The van der Waals surface area contributed by atoms with Crippen molar-refractivity contribution < 1.29 is 4.79 Å². The highest BCUT2D eigenvalue weighted by Gasteiger charge is 2.37. The third-order valence-electron chi connectivity index (χ3n) is 6.08. The number of anilines is 1. The number of amides is 1. The normalized spacial score (nSPS) is 31.8. The van der Waals surface area contributed by atoms with Crippen LogP contribution in [0.3, 0.4) is 0 Å². The number of benzene rings is 1. The molecule has 0 bridgehead atoms. The van der Waals surface area contributed by atoms with E-state index in [1.165, 1.54) is 36.9 Å². The molecular formula is C20H29N3O. The molecule has 4 nitrogen and oxygen atoms in total. The molecule has 2 saturated heterocycles. The molecule has 0 radical (unpaired) electrons. The van der Waals surface area contributed by atoms with Crippen LogP contribution >= 0.6 is 0 Å². The topological polar surface area (TPSA) is 58.4 Å². The van der Waals surface area contributed by atoms with Crippen LogP contribution in [0.1, 0.15) is 44.6 Å². The Morgan fingerprint density at radius 2 is 1.92 bits per heavy atom. The Balaban J connectivity index is 1.37. The minimum Gasteiger partial charge on any atom is -0.368 e. The van der Waals surface area contributed by atoms with Crippen LogP contribution in [0.25, 0.3) is 0 Å². The summed E-state index contributed by atoms with van der Waals surface area (Å²) < 4.78 is 0. The lowest BCUT2D eigenvalue weighted by Crippen LogP contribution is -2.65. The molecule has 1 aromatic rings. The molecule has 4 heteroatoms. The zero-order valence-electron chi connectivity index (χ0n) is 14.6. The number of carbonyl (C=O) groups excluding carboxylic acids is 1. The molecule has 1 aromatic carbocycles. The molecule has 3 unspecified atom stereocenters. The number of carbonyl (C=O) groups is 1. The van der Waals surface area contributed by atoms with Gasteiger partial charge in [-0.25, -0.2) is 0 Å². The first-order chi connectivity index (χ1) is 11.5. The maximum Gasteiger partial charge on any atom is 0.223 e. The summed E-state index contributed by atoms with van der Waals surface area (Å²) in [5, 5.41) is 3.28. The minimum absolute atomic E-state index is 0.0462. The average molecular weight is 327 g/mol. The lowest BCUT2D eigenvalue weighted by molar-refractivity contribution is -0.129. The maximum absolute atomic E-state index is 12.4. The van der Waals surface area contributed by atoms with Crippen molar-refractivity contribution in [3.05, 3.63) is 29.8 Å². The van der Waals surface area contributed by atoms with Gasteiger partial charge in [0.15, 0.2) is 0 Å². The van der Waals surface area contributed by atoms with Crippen LogP contribution in [-0.4, -0.2) is 30.6 Å². The van der Waals surface area contributed by atoms with E-state index in [4.69, 9.17) is 5.73 Å². The molecule has 0 spiro atoms. The second-order valence-corrected chi connectivity index (χ2v) is 8.47. The maximum atomic E-state index is 12.4. The number of fused-ring (bicyclic) bond motifs is 1. The van der Waals surface area contributed by atoms with Crippen molar-refractivity contribution in [2.75, 3.05) is 18.0 Å². The molecule has 2 heterocycles. The molecule has 3 aliphatic rings. The van der Waals surface area contributed by atoms with Gasteiger partial charge in [0.25, 0.3) is 0 Å². The van der Waals surface area contributed by atoms with Crippen LogP contribution < -0.4 is 16.0 Å². The van der Waals surface area contributed by atoms with Gasteiger partial charge in [-0.2, -0.15) is 0 Å². The smallest absolute Gasteiger partial charge is 0.223 e. The van der Waals surface area contributed by atoms with Crippen molar-refractivity contribution in [3.63, 3.8) is 0 Å². The first-order valence-corrected chi connectivity index (χ1v) is 9.43. The molecule has 3 atom stereocenters. The number of hydrogen-bond acceptors (Lipinski definition) is 3. The molecule has 130 valence electrons. The fourth-order valence-electron chi connectivity index (χ4n) is 4.76. The molecular weight excluding hydrogens is 298 g/mol. The van der Waals surface area contributed by atoms with E-state index in [0.29, 0.717) is 12.0 Å². The van der Waals surface area contributed by atoms with Gasteiger partial charge >= 0.3 is 0 Å². The lowest BCUT2D eigenvalue weighted by atomic mass is 9.74. The third kappa shape index (κ3) is 3.16. The summed E-state index contributed by atoms with van der Waals surface area (Å²) in [5.74, 6) is 1.11. The standard InChI is InChI=1S/C20H29N3O/c1-20(21)12-23(13-20)17-8-6-14(7-9-17)10-16-11-15-4-2-3-5-18(15)22-19(16)24/h6-9,15-16,18H,2-5,10-13,21H2,1H3,(H,22,24). The zero-order valence-corrected chi connectivity index (χ0v) is 14.6. The van der Waals surface area contributed by atoms with Crippen LogP contribution in [0.4, 0.5) is 5.69 Å². The highest BCUT2D eigenvalue weighted by atomic mass is 16.2. The number of piperidine rings is 1. The van der Waals surface area contributed by atoms with E-state index >= 15 is 0 Å². The van der Waals surface area contributed by atoms with E-state index in [2.05, 4.69) is 41.4 Å². The molecule has 2 aliphatic heterocycles. The molecule has 4 rings (SSSR count). The third-order valence-corrected chi connectivity index (χ3v) is 6.08. The zero-order chi connectivity index (χ0) is 16.7. The van der Waals surface area contributed by atoms with Gasteiger partial charge < -0.3 is 16.0 Å². The van der Waals surface area contributed by atoms with Crippen LogP contribution in [-0.2, 0) is 11.2 Å². The quantitative estimate of drug-likeness (QED) is 0.896. The monoisotopic (exact) mass is 327 g/mol. The highest BCUT2D eigenvalue weighted by Crippen LogP contribution is 2.34. The van der Waals surface area contributed by atoms with Gasteiger partial charge in [0.2, 0.25) is 5.91 Å². The SMILES string of the molecule is CC1(N)CN(c2ccc(CC3CC4CCCCC4NC3=O)cc2)C1. The Hall–Kier alpha value is -1.55. The summed E-state index contributed by atoms with van der Waals surface area (Å²) in [6.45, 7) is 3.93. The van der Waals surface area contributed by atoms with Crippen molar-refractivity contribution in [2.24, 2.45) is 17.6 Å². The van der Waals surface area contributed by atoms with Crippen molar-refractivity contribution in [1.82, 2.24) is 5.32 Å². The minimum atomic E-state index is -0.0462. The molecule has 3 fully saturated rings. The van der Waals surface area contributed by atoms with E-state index in [-0.39, 0.29) is 17.4 Å². The molecule has 24 heavy (non-hydrogen) atoms. The number of hydrogen-bond donors (Lipinski definition) is 2. The van der Waals surface area contributed by atoms with Crippen LogP contribution in [0.2, 0.25) is 0 Å². The predicted molar refractivity (Wildman–Crippen MR) is 96.9 cm³/mol. The Kier molecular flexibility index (Phi) is 4.03. The van der Waals surface area contributed by atoms with Gasteiger partial charge in [0, 0.05) is 36.3 Å². The molecule has 3 N–H and O–H groups in total. The second-order valence-electron chi connectivity index (χ2n) is 8.47. The Morgan fingerprint density at radius 1 is 1.21 bits per heavy atom. The van der Waals surface area contributed by atoms with Crippen molar-refractivity contribution >= 4 is 11.6 Å². The second kappa shape index (κ2) is 6.07. The molecule has 1 amide bonds. The van der Waals surface area contributed by atoms with Crippen molar-refractivity contribution in [3.8, 4) is 0 Å². The summed E-state index contributed by atoms with van der Waals surface area (Å²) in [6.07, 6.45) is 6.99. The Bertz CT molecular complexity index is 602. The molecule has 0 aromatic heterocycles. The van der Waals surface area contributed by atoms with Gasteiger partial charge in [-0.1, -0.05) is 25.0 Å². The van der Waals surface area contributed by atoms with Gasteiger partial charge in [0.1, 0.15) is 0 Å². The van der Waals surface area contributed by atoms with E-state index < -0.39 is 0 Å². The van der Waals surface area contributed by atoms with E-state index in [1.807, 2.05) is 0 Å². The largest absolute Gasteiger partial charge is 0.368 e. The van der Waals surface area contributed by atoms with Gasteiger partial charge in [0.05, 0.1) is 0 Å². The van der Waals surface area contributed by atoms with E-state index in [0.717, 1.165) is 25.9 Å². The van der Waals surface area contributed by atoms with E-state index in [1.54, 1.807) is 0 Å². The summed E-state index contributed by atoms with van der Waals surface area (Å²) in [6, 6.07) is 9.16. The average Bonchev–Trinajstić information content (AvgIpc) is 2.54. The molecule has 1 aliphatic carbocycles. The summed E-state index contributed by atoms with van der Waals surface area (Å²) in [5.41, 5.74) is 8.55. The van der Waals surface area contributed by atoms with Gasteiger partial charge in [-0.3, -0.25) is 4.79 Å². The fourth-order valence-corrected chi connectivity index (χ4v) is 4.76. The van der Waals surface area contributed by atoms with Crippen molar-refractivity contribution in [2.45, 2.75) is 57.0 Å².